The van der Waals surface area contributed by atoms with Crippen LogP contribution in [0.2, 0.25) is 0 Å². The molecule has 0 spiro atoms. The van der Waals surface area contributed by atoms with Crippen molar-refractivity contribution in [2.45, 2.75) is 25.7 Å². The van der Waals surface area contributed by atoms with Gasteiger partial charge in [0.25, 0.3) is 0 Å². The van der Waals surface area contributed by atoms with Gasteiger partial charge >= 0.3 is 6.18 Å². The number of benzene rings is 1. The number of nitrogens with one attached hydrogen (secondary N) is 1. The topological polar surface area (TPSA) is 32.3 Å². The highest BCUT2D eigenvalue weighted by Crippen LogP contribution is 2.32. The quantitative estimate of drug-likeness (QED) is 0.917. The number of amides is 1. The van der Waals surface area contributed by atoms with Crippen LogP contribution in [-0.2, 0) is 11.0 Å². The average molecular weight is 272 g/mol. The van der Waals surface area contributed by atoms with Gasteiger partial charge in [-0.2, -0.15) is 13.2 Å². The first-order valence-electron chi connectivity index (χ1n) is 6.13. The lowest BCUT2D eigenvalue weighted by atomic mass is 10.1. The average Bonchev–Trinajstić information content (AvgIpc) is 2.71. The minimum atomic E-state index is -4.37. The molecule has 0 aliphatic carbocycles. The summed E-state index contributed by atoms with van der Waals surface area (Å²) in [5.41, 5.74) is -0.225. The van der Waals surface area contributed by atoms with Gasteiger partial charge in [-0.25, -0.2) is 0 Å². The highest BCUT2D eigenvalue weighted by molar-refractivity contribution is 5.80. The molecule has 1 amide bonds. The molecule has 1 aromatic rings. The van der Waals surface area contributed by atoms with Gasteiger partial charge in [0.15, 0.2) is 0 Å². The molecule has 1 N–H and O–H groups in total. The van der Waals surface area contributed by atoms with Crippen LogP contribution in [0.4, 0.5) is 13.2 Å². The molecule has 0 saturated carbocycles. The molecule has 0 aromatic heterocycles. The van der Waals surface area contributed by atoms with Crippen molar-refractivity contribution in [2.24, 2.45) is 0 Å². The SMILES string of the molecule is CCCN1C(=O)CNC1c1cccc(C(F)(F)F)c1. The molecular formula is C13H15F3N2O. The van der Waals surface area contributed by atoms with E-state index in [9.17, 15) is 18.0 Å². The van der Waals surface area contributed by atoms with Crippen LogP contribution in [0, 0.1) is 0 Å². The molecular weight excluding hydrogens is 257 g/mol. The maximum atomic E-state index is 12.7. The number of hydrogen-bond donors (Lipinski definition) is 1. The van der Waals surface area contributed by atoms with Crippen LogP contribution in [0.15, 0.2) is 24.3 Å². The minimum absolute atomic E-state index is 0.0794. The van der Waals surface area contributed by atoms with Crippen LogP contribution >= 0.6 is 0 Å². The van der Waals surface area contributed by atoms with Crippen LogP contribution < -0.4 is 5.32 Å². The summed E-state index contributed by atoms with van der Waals surface area (Å²) in [5, 5.41) is 2.95. The van der Waals surface area contributed by atoms with E-state index in [0.717, 1.165) is 18.6 Å². The molecule has 1 aliphatic heterocycles. The predicted octanol–water partition coefficient (Wildman–Crippen LogP) is 2.55. The second-order valence-corrected chi connectivity index (χ2v) is 4.49. The van der Waals surface area contributed by atoms with E-state index in [2.05, 4.69) is 5.32 Å². The van der Waals surface area contributed by atoms with Gasteiger partial charge in [-0.15, -0.1) is 0 Å². The van der Waals surface area contributed by atoms with E-state index < -0.39 is 17.9 Å². The number of hydrogen-bond acceptors (Lipinski definition) is 2. The summed E-state index contributed by atoms with van der Waals surface area (Å²) in [5.74, 6) is -0.0794. The van der Waals surface area contributed by atoms with Crippen molar-refractivity contribution in [3.05, 3.63) is 35.4 Å². The van der Waals surface area contributed by atoms with E-state index in [0.29, 0.717) is 12.1 Å². The van der Waals surface area contributed by atoms with Gasteiger partial charge < -0.3 is 4.90 Å². The third-order valence-electron chi connectivity index (χ3n) is 3.07. The smallest absolute Gasteiger partial charge is 0.322 e. The molecule has 1 unspecified atom stereocenters. The number of halogens is 3. The van der Waals surface area contributed by atoms with Gasteiger partial charge in [0.1, 0.15) is 6.17 Å². The number of nitrogens with zero attached hydrogens (tertiary/aromatic N) is 1. The van der Waals surface area contributed by atoms with Crippen LogP contribution in [0.25, 0.3) is 0 Å². The molecule has 6 heteroatoms. The van der Waals surface area contributed by atoms with Gasteiger partial charge in [0, 0.05) is 6.54 Å². The summed E-state index contributed by atoms with van der Waals surface area (Å²) < 4.78 is 38.0. The van der Waals surface area contributed by atoms with Crippen LogP contribution in [-0.4, -0.2) is 23.9 Å². The Hall–Kier alpha value is -1.56. The summed E-state index contributed by atoms with van der Waals surface area (Å²) in [4.78, 5) is 13.2. The Morgan fingerprint density at radius 2 is 2.16 bits per heavy atom. The zero-order valence-electron chi connectivity index (χ0n) is 10.5. The first-order chi connectivity index (χ1) is 8.93. The van der Waals surface area contributed by atoms with Crippen molar-refractivity contribution in [1.29, 1.82) is 0 Å². The summed E-state index contributed by atoms with van der Waals surface area (Å²) in [6.45, 7) is 2.63. The third-order valence-corrected chi connectivity index (χ3v) is 3.07. The fourth-order valence-corrected chi connectivity index (χ4v) is 2.22. The van der Waals surface area contributed by atoms with Crippen LogP contribution in [0.1, 0.15) is 30.6 Å². The zero-order chi connectivity index (χ0) is 14.0. The number of alkyl halides is 3. The van der Waals surface area contributed by atoms with Crippen molar-refractivity contribution >= 4 is 5.91 Å². The lowest BCUT2D eigenvalue weighted by Gasteiger charge is -2.24. The molecule has 1 fully saturated rings. The second-order valence-electron chi connectivity index (χ2n) is 4.49. The van der Waals surface area contributed by atoms with E-state index in [-0.39, 0.29) is 12.5 Å². The summed E-state index contributed by atoms with van der Waals surface area (Å²) in [7, 11) is 0. The maximum Gasteiger partial charge on any atom is 0.416 e. The van der Waals surface area contributed by atoms with Gasteiger partial charge in [-0.05, 0) is 24.1 Å². The van der Waals surface area contributed by atoms with Crippen LogP contribution in [0.5, 0.6) is 0 Å². The number of rotatable bonds is 3. The Labute approximate surface area is 109 Å². The van der Waals surface area contributed by atoms with Gasteiger partial charge in [0.2, 0.25) is 5.91 Å². The molecule has 1 heterocycles. The first-order valence-corrected chi connectivity index (χ1v) is 6.13. The molecule has 1 aliphatic rings. The zero-order valence-corrected chi connectivity index (χ0v) is 10.5. The fourth-order valence-electron chi connectivity index (χ4n) is 2.22. The molecule has 1 saturated heterocycles. The molecule has 1 atom stereocenters. The Morgan fingerprint density at radius 3 is 2.79 bits per heavy atom. The van der Waals surface area contributed by atoms with Crippen LogP contribution in [0.3, 0.4) is 0 Å². The normalized spacial score (nSPS) is 20.1. The highest BCUT2D eigenvalue weighted by Gasteiger charge is 2.34. The summed E-state index contributed by atoms with van der Waals surface area (Å²) in [6.07, 6.45) is -4.06. The molecule has 0 bridgehead atoms. The van der Waals surface area contributed by atoms with Crippen molar-refractivity contribution in [3.63, 3.8) is 0 Å². The lowest BCUT2D eigenvalue weighted by molar-refractivity contribution is -0.137. The van der Waals surface area contributed by atoms with E-state index >= 15 is 0 Å². The van der Waals surface area contributed by atoms with E-state index in [4.69, 9.17) is 0 Å². The van der Waals surface area contributed by atoms with E-state index in [1.54, 1.807) is 11.0 Å². The Kier molecular flexibility index (Phi) is 3.80. The first kappa shape index (κ1) is 13.9. The van der Waals surface area contributed by atoms with Crippen molar-refractivity contribution in [1.82, 2.24) is 10.2 Å². The fraction of sp³-hybridized carbons (Fsp3) is 0.462. The maximum absolute atomic E-state index is 12.7. The number of carbonyl (C=O) groups is 1. The standard InChI is InChI=1S/C13H15F3N2O/c1-2-6-18-11(19)8-17-12(18)9-4-3-5-10(7-9)13(14,15)16/h3-5,7,12,17H,2,6,8H2,1H3. The van der Waals surface area contributed by atoms with E-state index in [1.165, 1.54) is 6.07 Å². The molecule has 0 radical (unpaired) electrons. The van der Waals surface area contributed by atoms with Crippen molar-refractivity contribution < 1.29 is 18.0 Å². The van der Waals surface area contributed by atoms with Gasteiger partial charge in [-0.3, -0.25) is 10.1 Å². The molecule has 2 rings (SSSR count). The Bertz CT molecular complexity index is 473. The third kappa shape index (κ3) is 2.89. The van der Waals surface area contributed by atoms with Gasteiger partial charge in [-0.1, -0.05) is 19.1 Å². The van der Waals surface area contributed by atoms with Gasteiger partial charge in [0.05, 0.1) is 12.1 Å². The molecule has 3 nitrogen and oxygen atoms in total. The minimum Gasteiger partial charge on any atom is -0.322 e. The molecule has 104 valence electrons. The summed E-state index contributed by atoms with van der Waals surface area (Å²) in [6, 6.07) is 5.10. The number of carbonyl (C=O) groups excluding carboxylic acids is 1. The van der Waals surface area contributed by atoms with Crippen molar-refractivity contribution in [2.75, 3.05) is 13.1 Å². The molecule has 1 aromatic carbocycles. The second kappa shape index (κ2) is 5.21. The monoisotopic (exact) mass is 272 g/mol. The predicted molar refractivity (Wildman–Crippen MR) is 64.2 cm³/mol. The van der Waals surface area contributed by atoms with Crippen molar-refractivity contribution in [3.8, 4) is 0 Å². The Morgan fingerprint density at radius 1 is 1.42 bits per heavy atom. The largest absolute Gasteiger partial charge is 0.416 e. The molecule has 19 heavy (non-hydrogen) atoms. The van der Waals surface area contributed by atoms with E-state index in [1.807, 2.05) is 6.92 Å². The highest BCUT2D eigenvalue weighted by atomic mass is 19.4. The lowest BCUT2D eigenvalue weighted by Crippen LogP contribution is -2.31. The Balaban J connectivity index is 2.29. The summed E-state index contributed by atoms with van der Waals surface area (Å²) >= 11 is 0.